The second-order valence-corrected chi connectivity index (χ2v) is 3.15. The van der Waals surface area contributed by atoms with Crippen LogP contribution in [0.4, 0.5) is 0 Å². The van der Waals surface area contributed by atoms with Crippen molar-refractivity contribution in [1.82, 2.24) is 0 Å². The third-order valence-corrected chi connectivity index (χ3v) is 2.19. The van der Waals surface area contributed by atoms with Crippen molar-refractivity contribution in [3.05, 3.63) is 37.2 Å². The lowest BCUT2D eigenvalue weighted by Crippen LogP contribution is -2.46. The summed E-state index contributed by atoms with van der Waals surface area (Å²) in [5.74, 6) is 0. The quantitative estimate of drug-likeness (QED) is 0.263. The summed E-state index contributed by atoms with van der Waals surface area (Å²) in [6.07, 6.45) is 0.323. The highest BCUT2D eigenvalue weighted by atomic mass is 16.8. The van der Waals surface area contributed by atoms with E-state index in [9.17, 15) is 25.4 Å². The van der Waals surface area contributed by atoms with E-state index >= 15 is 0 Å². The Balaban J connectivity index is 3.21. The first-order valence-corrected chi connectivity index (χ1v) is 4.11. The highest BCUT2D eigenvalue weighted by Crippen LogP contribution is 2.17. The zero-order valence-electron chi connectivity index (χ0n) is 7.85. The third-order valence-electron chi connectivity index (χ3n) is 2.19. The van der Waals surface area contributed by atoms with Crippen molar-refractivity contribution in [1.29, 1.82) is 0 Å². The molecule has 0 fully saturated rings. The number of nitrogens with zero attached hydrogens (tertiary/aromatic N) is 3. The zero-order valence-corrected chi connectivity index (χ0v) is 7.85. The van der Waals surface area contributed by atoms with Crippen molar-refractivity contribution in [2.45, 2.75) is 18.5 Å². The molecular formula is C6H8N4O6. The molecule has 2 unspecified atom stereocenters. The normalized spacial score (nSPS) is 28.2. The maximum absolute atomic E-state index is 10.6. The van der Waals surface area contributed by atoms with Crippen LogP contribution in [0, 0.1) is 25.4 Å². The van der Waals surface area contributed by atoms with Crippen LogP contribution in [0.5, 0.6) is 0 Å². The topological polar surface area (TPSA) is 159 Å². The molecule has 0 spiro atoms. The molecular weight excluding hydrogens is 224 g/mol. The predicted molar refractivity (Wildman–Crippen MR) is 48.9 cm³/mol. The van der Waals surface area contributed by atoms with Crippen LogP contribution in [-0.4, -0.2) is 37.8 Å². The number of hydrogen-bond acceptors (Lipinski definition) is 7. The monoisotopic (exact) mass is 232 g/mol. The van der Waals surface area contributed by atoms with E-state index < -0.39 is 44.7 Å². The lowest BCUT2D eigenvalue weighted by atomic mass is 9.94. The van der Waals surface area contributed by atoms with Gasteiger partial charge in [0.15, 0.2) is 6.04 Å². The van der Waals surface area contributed by atoms with Gasteiger partial charge in [0.05, 0.1) is 11.0 Å². The molecule has 0 bridgehead atoms. The summed E-state index contributed by atoms with van der Waals surface area (Å²) in [4.78, 5) is 18.6. The van der Waals surface area contributed by atoms with Gasteiger partial charge in [-0.15, -0.1) is 0 Å². The van der Waals surface area contributed by atoms with Crippen LogP contribution in [0.25, 0.3) is 0 Å². The number of nitro groups is 2. The van der Waals surface area contributed by atoms with Crippen LogP contribution in [0.1, 0.15) is 6.42 Å². The molecule has 0 saturated heterocycles. The van der Waals surface area contributed by atoms with E-state index in [1.54, 1.807) is 0 Å². The van der Waals surface area contributed by atoms with Crippen LogP contribution >= 0.6 is 0 Å². The zero-order chi connectivity index (χ0) is 12.5. The molecule has 16 heavy (non-hydrogen) atoms. The molecule has 2 atom stereocenters. The molecule has 0 aromatic rings. The minimum Gasteiger partial charge on any atom is -0.418 e. The molecule has 0 radical (unpaired) electrons. The van der Waals surface area contributed by atoms with E-state index in [-0.39, 0.29) is 0 Å². The Hall–Kier alpha value is -2.23. The summed E-state index contributed by atoms with van der Waals surface area (Å²) >= 11 is 0. The SMILES string of the molecule is NC1C([N+](=O)[O-])=CC([N+](=O)[O-])CC1=[N+]([O-])O. The Kier molecular flexibility index (Phi) is 3.04. The highest BCUT2D eigenvalue weighted by Gasteiger charge is 2.43. The molecule has 0 saturated carbocycles. The Bertz CT molecular complexity index is 398. The summed E-state index contributed by atoms with van der Waals surface area (Å²) < 4.78 is 0. The van der Waals surface area contributed by atoms with E-state index in [4.69, 9.17) is 10.9 Å². The summed E-state index contributed by atoms with van der Waals surface area (Å²) in [5, 5.41) is 40.3. The number of hydrogen-bond donors (Lipinski definition) is 2. The molecule has 3 N–H and O–H groups in total. The molecule has 10 heteroatoms. The van der Waals surface area contributed by atoms with Crippen molar-refractivity contribution in [3.63, 3.8) is 0 Å². The van der Waals surface area contributed by atoms with E-state index in [2.05, 4.69) is 0 Å². The average Bonchev–Trinajstić information content (AvgIpc) is 2.16. The first-order chi connectivity index (χ1) is 7.34. The van der Waals surface area contributed by atoms with Gasteiger partial charge in [-0.05, 0) is 0 Å². The molecule has 0 heterocycles. The fourth-order valence-electron chi connectivity index (χ4n) is 1.38. The minimum absolute atomic E-state index is 0.453. The molecule has 1 rings (SSSR count). The van der Waals surface area contributed by atoms with Gasteiger partial charge in [0.2, 0.25) is 6.04 Å². The van der Waals surface area contributed by atoms with Gasteiger partial charge in [-0.3, -0.25) is 25.4 Å². The third kappa shape index (κ3) is 2.06. The van der Waals surface area contributed by atoms with Gasteiger partial charge >= 0.3 is 0 Å². The lowest BCUT2D eigenvalue weighted by Gasteiger charge is -2.15. The lowest BCUT2D eigenvalue weighted by molar-refractivity contribution is -0.728. The fraction of sp³-hybridized carbons (Fsp3) is 0.500. The molecule has 0 aliphatic heterocycles. The van der Waals surface area contributed by atoms with Gasteiger partial charge in [-0.1, -0.05) is 0 Å². The molecule has 10 nitrogen and oxygen atoms in total. The molecule has 0 amide bonds. The summed E-state index contributed by atoms with van der Waals surface area (Å²) in [6.45, 7) is 0. The Morgan fingerprint density at radius 3 is 2.31 bits per heavy atom. The smallest absolute Gasteiger partial charge is 0.276 e. The van der Waals surface area contributed by atoms with Crippen molar-refractivity contribution in [3.8, 4) is 0 Å². The van der Waals surface area contributed by atoms with Gasteiger partial charge in [0.25, 0.3) is 11.4 Å². The minimum atomic E-state index is -1.44. The van der Waals surface area contributed by atoms with Crippen molar-refractivity contribution >= 4 is 5.71 Å². The summed E-state index contributed by atoms with van der Waals surface area (Å²) in [5.41, 5.74) is 4.14. The Morgan fingerprint density at radius 1 is 1.38 bits per heavy atom. The van der Waals surface area contributed by atoms with Gasteiger partial charge in [-0.25, -0.2) is 0 Å². The second kappa shape index (κ2) is 4.10. The van der Waals surface area contributed by atoms with Crippen molar-refractivity contribution in [2.75, 3.05) is 0 Å². The predicted octanol–water partition coefficient (Wildman–Crippen LogP) is -1.14. The molecule has 0 aromatic carbocycles. The van der Waals surface area contributed by atoms with Crippen LogP contribution in [0.15, 0.2) is 11.8 Å². The maximum Gasteiger partial charge on any atom is 0.276 e. The number of nitrogens with two attached hydrogens (primary N) is 1. The van der Waals surface area contributed by atoms with Crippen LogP contribution < -0.4 is 5.73 Å². The van der Waals surface area contributed by atoms with Gasteiger partial charge in [-0.2, -0.15) is 0 Å². The Labute approximate surface area is 88.1 Å². The van der Waals surface area contributed by atoms with Crippen molar-refractivity contribution < 1.29 is 20.0 Å². The van der Waals surface area contributed by atoms with Crippen LogP contribution in [0.2, 0.25) is 0 Å². The van der Waals surface area contributed by atoms with E-state index in [0.717, 1.165) is 6.08 Å². The Morgan fingerprint density at radius 2 is 1.94 bits per heavy atom. The van der Waals surface area contributed by atoms with Crippen molar-refractivity contribution in [2.24, 2.45) is 5.73 Å². The maximum atomic E-state index is 10.6. The molecule has 88 valence electrons. The van der Waals surface area contributed by atoms with Gasteiger partial charge < -0.3 is 10.9 Å². The van der Waals surface area contributed by atoms with E-state index in [1.165, 1.54) is 0 Å². The largest absolute Gasteiger partial charge is 0.418 e. The highest BCUT2D eigenvalue weighted by molar-refractivity contribution is 5.89. The molecule has 1 aliphatic rings. The summed E-state index contributed by atoms with van der Waals surface area (Å²) in [6, 6.07) is -2.87. The number of rotatable bonds is 2. The molecule has 0 aromatic heterocycles. The molecule has 1 aliphatic carbocycles. The van der Waals surface area contributed by atoms with E-state index in [0.29, 0.717) is 0 Å². The first-order valence-electron chi connectivity index (χ1n) is 4.11. The van der Waals surface area contributed by atoms with Crippen LogP contribution in [-0.2, 0) is 0 Å². The standard InChI is InChI=1S/C6H8N4O6/c7-6-4(9(13)14)1-3(8(11)12)2-5(6)10(15)16/h1,3,6H,2,7H2,(H,15,16). The fourth-order valence-corrected chi connectivity index (χ4v) is 1.38. The van der Waals surface area contributed by atoms with Gasteiger partial charge in [0, 0.05) is 9.83 Å². The van der Waals surface area contributed by atoms with Gasteiger partial charge in [0.1, 0.15) is 6.42 Å². The average molecular weight is 232 g/mol. The van der Waals surface area contributed by atoms with E-state index in [1.807, 2.05) is 0 Å². The second-order valence-electron chi connectivity index (χ2n) is 3.15. The summed E-state index contributed by atoms with van der Waals surface area (Å²) in [7, 11) is 0. The van der Waals surface area contributed by atoms with Crippen LogP contribution in [0.3, 0.4) is 0 Å². The first kappa shape index (κ1) is 11.8.